The summed E-state index contributed by atoms with van der Waals surface area (Å²) < 4.78 is 10.9. The second-order valence-corrected chi connectivity index (χ2v) is 4.93. The van der Waals surface area contributed by atoms with Gasteiger partial charge < -0.3 is 14.4 Å². The van der Waals surface area contributed by atoms with E-state index in [1.165, 1.54) is 0 Å². The molecular weight excluding hydrogens is 234 g/mol. The number of rotatable bonds is 4. The molecule has 0 saturated heterocycles. The van der Waals surface area contributed by atoms with E-state index in [1.54, 1.807) is 0 Å². The zero-order valence-electron chi connectivity index (χ0n) is 10.8. The minimum Gasteiger partial charge on any atom is -0.481 e. The van der Waals surface area contributed by atoms with Crippen molar-refractivity contribution in [3.63, 3.8) is 0 Å². The van der Waals surface area contributed by atoms with E-state index in [9.17, 15) is 4.79 Å². The fourth-order valence-corrected chi connectivity index (χ4v) is 2.39. The molecule has 100 valence electrons. The summed E-state index contributed by atoms with van der Waals surface area (Å²) in [5, 5.41) is 12.8. The van der Waals surface area contributed by atoms with Crippen molar-refractivity contribution in [2.45, 2.75) is 52.2 Å². The van der Waals surface area contributed by atoms with Crippen LogP contribution in [0.1, 0.15) is 42.7 Å². The summed E-state index contributed by atoms with van der Waals surface area (Å²) in [6.07, 6.45) is 3.22. The van der Waals surface area contributed by atoms with Crippen LogP contribution in [-0.2, 0) is 16.1 Å². The number of aryl methyl sites for hydroxylation is 2. The molecule has 0 aromatic carbocycles. The van der Waals surface area contributed by atoms with Crippen molar-refractivity contribution in [2.24, 2.45) is 5.92 Å². The van der Waals surface area contributed by atoms with Gasteiger partial charge in [0, 0.05) is 5.56 Å². The third-order valence-electron chi connectivity index (χ3n) is 3.67. The van der Waals surface area contributed by atoms with E-state index < -0.39 is 5.97 Å². The van der Waals surface area contributed by atoms with Crippen molar-refractivity contribution in [1.82, 2.24) is 5.16 Å². The molecule has 1 saturated carbocycles. The van der Waals surface area contributed by atoms with Gasteiger partial charge in [0.25, 0.3) is 0 Å². The van der Waals surface area contributed by atoms with Crippen LogP contribution in [0, 0.1) is 19.8 Å². The molecule has 0 unspecified atom stereocenters. The van der Waals surface area contributed by atoms with Crippen molar-refractivity contribution < 1.29 is 19.2 Å². The van der Waals surface area contributed by atoms with E-state index in [0.717, 1.165) is 29.9 Å². The quantitative estimate of drug-likeness (QED) is 0.892. The van der Waals surface area contributed by atoms with Crippen LogP contribution in [0.15, 0.2) is 4.52 Å². The summed E-state index contributed by atoms with van der Waals surface area (Å²) in [5.74, 6) is -0.0743. The minimum absolute atomic E-state index is 0.161. The summed E-state index contributed by atoms with van der Waals surface area (Å²) in [6.45, 7) is 4.28. The smallest absolute Gasteiger partial charge is 0.306 e. The Bertz CT molecular complexity index is 399. The van der Waals surface area contributed by atoms with Crippen LogP contribution in [0.3, 0.4) is 0 Å². The molecule has 1 aromatic heterocycles. The summed E-state index contributed by atoms with van der Waals surface area (Å²) in [4.78, 5) is 10.8. The second-order valence-electron chi connectivity index (χ2n) is 4.93. The lowest BCUT2D eigenvalue weighted by molar-refractivity contribution is -0.143. The van der Waals surface area contributed by atoms with E-state index >= 15 is 0 Å². The predicted octanol–water partition coefficient (Wildman–Crippen LogP) is 2.45. The molecule has 1 aliphatic carbocycles. The number of carboxylic acids is 1. The Morgan fingerprint density at radius 1 is 1.39 bits per heavy atom. The maximum atomic E-state index is 10.8. The second kappa shape index (κ2) is 5.52. The fourth-order valence-electron chi connectivity index (χ4n) is 2.39. The Balaban J connectivity index is 1.81. The van der Waals surface area contributed by atoms with Crippen LogP contribution in [0.25, 0.3) is 0 Å². The highest BCUT2D eigenvalue weighted by Gasteiger charge is 2.26. The molecule has 1 aliphatic rings. The molecule has 5 heteroatoms. The lowest BCUT2D eigenvalue weighted by Gasteiger charge is -2.26. The monoisotopic (exact) mass is 253 g/mol. The number of carboxylic acid groups (broad SMARTS) is 1. The number of aliphatic carboxylic acids is 1. The molecule has 0 aliphatic heterocycles. The van der Waals surface area contributed by atoms with Crippen LogP contribution < -0.4 is 0 Å². The maximum absolute atomic E-state index is 10.8. The van der Waals surface area contributed by atoms with E-state index in [-0.39, 0.29) is 12.0 Å². The number of hydrogen-bond acceptors (Lipinski definition) is 4. The van der Waals surface area contributed by atoms with Crippen LogP contribution in [0.4, 0.5) is 0 Å². The first-order valence-electron chi connectivity index (χ1n) is 6.34. The van der Waals surface area contributed by atoms with Gasteiger partial charge in [-0.2, -0.15) is 0 Å². The molecule has 1 heterocycles. The van der Waals surface area contributed by atoms with Crippen LogP contribution in [0.2, 0.25) is 0 Å². The fraction of sp³-hybridized carbons (Fsp3) is 0.692. The molecule has 0 radical (unpaired) electrons. The Hall–Kier alpha value is -1.36. The summed E-state index contributed by atoms with van der Waals surface area (Å²) >= 11 is 0. The molecule has 1 N–H and O–H groups in total. The number of nitrogens with zero attached hydrogens (tertiary/aromatic N) is 1. The predicted molar refractivity (Wildman–Crippen MR) is 64.1 cm³/mol. The number of hydrogen-bond donors (Lipinski definition) is 1. The van der Waals surface area contributed by atoms with Crippen LogP contribution in [0.5, 0.6) is 0 Å². The van der Waals surface area contributed by atoms with E-state index in [2.05, 4.69) is 5.16 Å². The zero-order chi connectivity index (χ0) is 13.1. The largest absolute Gasteiger partial charge is 0.481 e. The first-order valence-corrected chi connectivity index (χ1v) is 6.34. The van der Waals surface area contributed by atoms with Gasteiger partial charge in [0.1, 0.15) is 5.76 Å². The van der Waals surface area contributed by atoms with Gasteiger partial charge in [0.05, 0.1) is 24.3 Å². The van der Waals surface area contributed by atoms with Crippen molar-refractivity contribution in [2.75, 3.05) is 0 Å². The third-order valence-corrected chi connectivity index (χ3v) is 3.67. The van der Waals surface area contributed by atoms with Gasteiger partial charge in [-0.3, -0.25) is 4.79 Å². The van der Waals surface area contributed by atoms with Crippen LogP contribution >= 0.6 is 0 Å². The molecule has 5 nitrogen and oxygen atoms in total. The number of ether oxygens (including phenoxy) is 1. The molecule has 0 atom stereocenters. The minimum atomic E-state index is -0.681. The van der Waals surface area contributed by atoms with Gasteiger partial charge >= 0.3 is 5.97 Å². The van der Waals surface area contributed by atoms with Gasteiger partial charge in [0.2, 0.25) is 0 Å². The molecular formula is C13H19NO4. The molecule has 0 bridgehead atoms. The van der Waals surface area contributed by atoms with E-state index in [1.807, 2.05) is 13.8 Å². The highest BCUT2D eigenvalue weighted by molar-refractivity contribution is 5.70. The standard InChI is InChI=1S/C13H19NO4/c1-8-12(9(2)18-14-8)7-17-11-5-3-10(4-6-11)13(15)16/h10-11H,3-7H2,1-2H3,(H,15,16). The highest BCUT2D eigenvalue weighted by atomic mass is 16.5. The Morgan fingerprint density at radius 3 is 2.56 bits per heavy atom. The molecule has 2 rings (SSSR count). The Morgan fingerprint density at radius 2 is 2.06 bits per heavy atom. The number of carbonyl (C=O) groups is 1. The summed E-state index contributed by atoms with van der Waals surface area (Å²) in [5.41, 5.74) is 1.88. The Labute approximate surface area is 106 Å². The average Bonchev–Trinajstić information content (AvgIpc) is 2.67. The Kier molecular flexibility index (Phi) is 4.01. The zero-order valence-corrected chi connectivity index (χ0v) is 10.8. The normalized spacial score (nSPS) is 24.1. The molecule has 18 heavy (non-hydrogen) atoms. The topological polar surface area (TPSA) is 72.6 Å². The SMILES string of the molecule is Cc1noc(C)c1COC1CCC(C(=O)O)CC1. The lowest BCUT2D eigenvalue weighted by atomic mass is 9.87. The van der Waals surface area contributed by atoms with Gasteiger partial charge in [-0.15, -0.1) is 0 Å². The highest BCUT2D eigenvalue weighted by Crippen LogP contribution is 2.27. The van der Waals surface area contributed by atoms with E-state index in [0.29, 0.717) is 19.4 Å². The summed E-state index contributed by atoms with van der Waals surface area (Å²) in [7, 11) is 0. The summed E-state index contributed by atoms with van der Waals surface area (Å²) in [6, 6.07) is 0. The van der Waals surface area contributed by atoms with Gasteiger partial charge in [-0.25, -0.2) is 0 Å². The first kappa shape index (κ1) is 13.1. The van der Waals surface area contributed by atoms with Crippen molar-refractivity contribution in [3.8, 4) is 0 Å². The molecule has 1 fully saturated rings. The first-order chi connectivity index (χ1) is 8.58. The number of aromatic nitrogens is 1. The van der Waals surface area contributed by atoms with Gasteiger partial charge in [-0.1, -0.05) is 5.16 Å². The van der Waals surface area contributed by atoms with Gasteiger partial charge in [-0.05, 0) is 39.5 Å². The van der Waals surface area contributed by atoms with E-state index in [4.69, 9.17) is 14.4 Å². The lowest BCUT2D eigenvalue weighted by Crippen LogP contribution is -2.26. The third kappa shape index (κ3) is 2.90. The van der Waals surface area contributed by atoms with Crippen molar-refractivity contribution in [3.05, 3.63) is 17.0 Å². The maximum Gasteiger partial charge on any atom is 0.306 e. The average molecular weight is 253 g/mol. The van der Waals surface area contributed by atoms with Crippen molar-refractivity contribution >= 4 is 5.97 Å². The van der Waals surface area contributed by atoms with Crippen LogP contribution in [-0.4, -0.2) is 22.3 Å². The molecule has 0 amide bonds. The van der Waals surface area contributed by atoms with Crippen molar-refractivity contribution in [1.29, 1.82) is 0 Å². The molecule has 1 aromatic rings. The molecule has 0 spiro atoms. The van der Waals surface area contributed by atoms with Gasteiger partial charge in [0.15, 0.2) is 0 Å².